The van der Waals surface area contributed by atoms with Crippen molar-refractivity contribution in [3.8, 4) is 0 Å². The number of amides is 4. The Kier molecular flexibility index (Phi) is 3.38. The maximum atomic E-state index is 12.3. The maximum Gasteiger partial charge on any atom is 0.325 e. The summed E-state index contributed by atoms with van der Waals surface area (Å²) in [4.78, 5) is 46.4. The van der Waals surface area contributed by atoms with E-state index in [9.17, 15) is 19.2 Å². The summed E-state index contributed by atoms with van der Waals surface area (Å²) in [6.45, 7) is 0.758. The van der Waals surface area contributed by atoms with Gasteiger partial charge in [0.2, 0.25) is 5.91 Å². The van der Waals surface area contributed by atoms with Crippen molar-refractivity contribution in [3.05, 3.63) is 35.4 Å². The van der Waals surface area contributed by atoms with Crippen LogP contribution >= 0.6 is 0 Å². The van der Waals surface area contributed by atoms with Crippen LogP contribution in [0.15, 0.2) is 24.3 Å². The Morgan fingerprint density at radius 2 is 1.86 bits per heavy atom. The van der Waals surface area contributed by atoms with Gasteiger partial charge in [-0.2, -0.15) is 0 Å². The molecule has 0 bridgehead atoms. The molecule has 1 aromatic rings. The molecule has 0 aliphatic carbocycles. The van der Waals surface area contributed by atoms with Gasteiger partial charge in [-0.3, -0.25) is 19.3 Å². The molecular weight excluding hydrogens is 278 g/mol. The van der Waals surface area contributed by atoms with Crippen LogP contribution in [-0.2, 0) is 15.1 Å². The first kappa shape index (κ1) is 14.5. The number of carboxylic acid groups (broad SMARTS) is 1. The topological polar surface area (TPSA) is 130 Å². The Bertz CT molecular complexity index is 640. The molecule has 1 aliphatic rings. The number of hydrogen-bond donors (Lipinski definition) is 3. The number of primary amides is 1. The summed E-state index contributed by atoms with van der Waals surface area (Å²) >= 11 is 0. The number of rotatable bonds is 4. The fourth-order valence-electron chi connectivity index (χ4n) is 2.14. The van der Waals surface area contributed by atoms with E-state index in [2.05, 4.69) is 5.32 Å². The normalized spacial score (nSPS) is 21.3. The minimum Gasteiger partial charge on any atom is -0.480 e. The van der Waals surface area contributed by atoms with Gasteiger partial charge in [0.05, 0.1) is 0 Å². The van der Waals surface area contributed by atoms with Crippen LogP contribution in [0, 0.1) is 0 Å². The Morgan fingerprint density at radius 3 is 2.33 bits per heavy atom. The molecule has 0 spiro atoms. The lowest BCUT2D eigenvalue weighted by Gasteiger charge is -2.22. The van der Waals surface area contributed by atoms with Crippen molar-refractivity contribution in [2.45, 2.75) is 12.5 Å². The molecule has 8 nitrogen and oxygen atoms in total. The smallest absolute Gasteiger partial charge is 0.325 e. The van der Waals surface area contributed by atoms with Gasteiger partial charge in [-0.1, -0.05) is 12.1 Å². The highest BCUT2D eigenvalue weighted by atomic mass is 16.4. The fraction of sp³-hybridized carbons (Fsp3) is 0.231. The number of carboxylic acids is 1. The van der Waals surface area contributed by atoms with E-state index in [4.69, 9.17) is 10.8 Å². The number of hydrogen-bond acceptors (Lipinski definition) is 4. The molecule has 0 saturated carbocycles. The fourth-order valence-corrected chi connectivity index (χ4v) is 2.14. The molecule has 110 valence electrons. The summed E-state index contributed by atoms with van der Waals surface area (Å²) in [5.41, 5.74) is 4.45. The molecule has 2 rings (SSSR count). The monoisotopic (exact) mass is 291 g/mol. The third-order valence-corrected chi connectivity index (χ3v) is 3.32. The van der Waals surface area contributed by atoms with Crippen molar-refractivity contribution in [1.29, 1.82) is 0 Å². The third kappa shape index (κ3) is 2.42. The van der Waals surface area contributed by atoms with E-state index in [0.29, 0.717) is 10.5 Å². The second kappa shape index (κ2) is 4.89. The molecule has 4 N–H and O–H groups in total. The number of nitrogens with two attached hydrogens (primary N) is 1. The zero-order valence-electron chi connectivity index (χ0n) is 11.1. The minimum atomic E-state index is -1.37. The molecule has 1 saturated heterocycles. The predicted molar refractivity (Wildman–Crippen MR) is 70.2 cm³/mol. The van der Waals surface area contributed by atoms with Crippen molar-refractivity contribution in [2.75, 3.05) is 6.54 Å². The summed E-state index contributed by atoms with van der Waals surface area (Å²) in [6, 6.07) is 5.07. The van der Waals surface area contributed by atoms with Gasteiger partial charge < -0.3 is 16.2 Å². The number of benzene rings is 1. The van der Waals surface area contributed by atoms with Gasteiger partial charge in [0.25, 0.3) is 5.91 Å². The van der Waals surface area contributed by atoms with Crippen LogP contribution < -0.4 is 11.1 Å². The molecule has 0 aromatic heterocycles. The molecule has 1 aliphatic heterocycles. The van der Waals surface area contributed by atoms with Crippen LogP contribution in [0.2, 0.25) is 0 Å². The minimum absolute atomic E-state index is 0.265. The van der Waals surface area contributed by atoms with Gasteiger partial charge in [0, 0.05) is 5.56 Å². The van der Waals surface area contributed by atoms with Gasteiger partial charge in [-0.05, 0) is 24.6 Å². The van der Waals surface area contributed by atoms with Crippen molar-refractivity contribution in [1.82, 2.24) is 10.2 Å². The van der Waals surface area contributed by atoms with Gasteiger partial charge >= 0.3 is 12.0 Å². The second-order valence-electron chi connectivity index (χ2n) is 4.78. The highest BCUT2D eigenvalue weighted by Crippen LogP contribution is 2.28. The molecule has 1 aromatic carbocycles. The second-order valence-corrected chi connectivity index (χ2v) is 4.78. The van der Waals surface area contributed by atoms with Gasteiger partial charge in [-0.15, -0.1) is 0 Å². The van der Waals surface area contributed by atoms with Crippen molar-refractivity contribution in [3.63, 3.8) is 0 Å². The molecule has 4 amide bonds. The lowest BCUT2D eigenvalue weighted by Crippen LogP contribution is -2.41. The summed E-state index contributed by atoms with van der Waals surface area (Å²) in [5.74, 6) is -2.56. The Hall–Kier alpha value is -2.90. The number of aliphatic carboxylic acids is 1. The highest BCUT2D eigenvalue weighted by molar-refractivity contribution is 6.08. The van der Waals surface area contributed by atoms with Crippen LogP contribution in [0.4, 0.5) is 4.79 Å². The molecule has 1 atom stereocenters. The molecule has 1 fully saturated rings. The molecule has 8 heteroatoms. The Labute approximate surface area is 119 Å². The largest absolute Gasteiger partial charge is 0.480 e. The SMILES string of the molecule is C[C@]1(c2ccc(C(N)=O)cc2)NC(=O)N(CC(=O)O)C1=O. The molecule has 21 heavy (non-hydrogen) atoms. The zero-order chi connectivity index (χ0) is 15.8. The lowest BCUT2D eigenvalue weighted by atomic mass is 9.91. The molecule has 0 unspecified atom stereocenters. The number of nitrogens with zero attached hydrogens (tertiary/aromatic N) is 1. The van der Waals surface area contributed by atoms with E-state index >= 15 is 0 Å². The first-order chi connectivity index (χ1) is 9.75. The highest BCUT2D eigenvalue weighted by Gasteiger charge is 2.49. The molecular formula is C13H13N3O5. The van der Waals surface area contributed by atoms with E-state index in [1.807, 2.05) is 0 Å². The van der Waals surface area contributed by atoms with E-state index in [0.717, 1.165) is 0 Å². The van der Waals surface area contributed by atoms with E-state index < -0.39 is 35.9 Å². The number of imide groups is 1. The zero-order valence-corrected chi connectivity index (χ0v) is 11.1. The maximum absolute atomic E-state index is 12.3. The number of nitrogens with one attached hydrogen (secondary N) is 1. The third-order valence-electron chi connectivity index (χ3n) is 3.32. The average Bonchev–Trinajstić information content (AvgIpc) is 2.63. The van der Waals surface area contributed by atoms with E-state index in [1.54, 1.807) is 0 Å². The summed E-state index contributed by atoms with van der Waals surface area (Å²) < 4.78 is 0. The van der Waals surface area contributed by atoms with Gasteiger partial charge in [0.15, 0.2) is 0 Å². The molecule has 1 heterocycles. The van der Waals surface area contributed by atoms with Crippen LogP contribution in [-0.4, -0.2) is 40.4 Å². The van der Waals surface area contributed by atoms with Crippen LogP contribution in [0.5, 0.6) is 0 Å². The van der Waals surface area contributed by atoms with Gasteiger partial charge in [0.1, 0.15) is 12.1 Å². The van der Waals surface area contributed by atoms with E-state index in [1.165, 1.54) is 31.2 Å². The van der Waals surface area contributed by atoms with Crippen molar-refractivity contribution >= 4 is 23.8 Å². The Balaban J connectivity index is 2.34. The van der Waals surface area contributed by atoms with Crippen molar-refractivity contribution in [2.24, 2.45) is 5.73 Å². The standard InChI is InChI=1S/C13H13N3O5/c1-13(8-4-2-7(3-5-8)10(14)19)11(20)16(6-9(17)18)12(21)15-13/h2-5H,6H2,1H3,(H2,14,19)(H,15,21)(H,17,18)/t13-/m1/s1. The summed E-state index contributed by atoms with van der Waals surface area (Å²) in [5, 5.41) is 11.2. The molecule has 0 radical (unpaired) electrons. The van der Waals surface area contributed by atoms with Crippen LogP contribution in [0.1, 0.15) is 22.8 Å². The number of carbonyl (C=O) groups is 4. The van der Waals surface area contributed by atoms with Crippen LogP contribution in [0.3, 0.4) is 0 Å². The first-order valence-corrected chi connectivity index (χ1v) is 6.02. The predicted octanol–water partition coefficient (Wildman–Crippen LogP) is -0.363. The summed E-state index contributed by atoms with van der Waals surface area (Å²) in [6.07, 6.45) is 0. The number of urea groups is 1. The summed E-state index contributed by atoms with van der Waals surface area (Å²) in [7, 11) is 0. The van der Waals surface area contributed by atoms with Gasteiger partial charge in [-0.25, -0.2) is 4.79 Å². The quantitative estimate of drug-likeness (QED) is 0.652. The lowest BCUT2D eigenvalue weighted by molar-refractivity contribution is -0.142. The Morgan fingerprint density at radius 1 is 1.29 bits per heavy atom. The average molecular weight is 291 g/mol. The first-order valence-electron chi connectivity index (χ1n) is 6.02. The van der Waals surface area contributed by atoms with E-state index in [-0.39, 0.29) is 5.56 Å². The number of carbonyl (C=O) groups excluding carboxylic acids is 3. The van der Waals surface area contributed by atoms with Crippen molar-refractivity contribution < 1.29 is 24.3 Å². The van der Waals surface area contributed by atoms with Crippen LogP contribution in [0.25, 0.3) is 0 Å².